The Kier molecular flexibility index (Phi) is 6.09. The molecular formula is C25H24ClN7O2S. The average Bonchev–Trinajstić information content (AvgIpc) is 3.01. The maximum atomic E-state index is 12.8. The van der Waals surface area contributed by atoms with Crippen LogP contribution in [0.4, 0.5) is 16.4 Å². The fraction of sp³-hybridized carbons (Fsp3) is 0.280. The number of fused-ring (bicyclic) bond motifs is 1. The lowest BCUT2D eigenvalue weighted by Gasteiger charge is -2.38. The molecule has 4 heterocycles. The summed E-state index contributed by atoms with van der Waals surface area (Å²) in [5.41, 5.74) is 7.97. The van der Waals surface area contributed by atoms with Crippen LogP contribution in [-0.4, -0.2) is 61.3 Å². The van der Waals surface area contributed by atoms with Gasteiger partial charge in [0.15, 0.2) is 0 Å². The van der Waals surface area contributed by atoms with Crippen LogP contribution in [-0.2, 0) is 4.79 Å². The van der Waals surface area contributed by atoms with Gasteiger partial charge in [0.25, 0.3) is 0 Å². The molecule has 2 aliphatic rings. The Labute approximate surface area is 218 Å². The zero-order valence-electron chi connectivity index (χ0n) is 19.8. The van der Waals surface area contributed by atoms with Gasteiger partial charge in [-0.05, 0) is 49.3 Å². The number of aromatic nitrogens is 3. The molecule has 1 saturated heterocycles. The van der Waals surface area contributed by atoms with Gasteiger partial charge in [-0.15, -0.1) is 0 Å². The van der Waals surface area contributed by atoms with E-state index >= 15 is 0 Å². The van der Waals surface area contributed by atoms with Crippen molar-refractivity contribution in [2.75, 3.05) is 25.1 Å². The van der Waals surface area contributed by atoms with Gasteiger partial charge in [-0.3, -0.25) is 14.7 Å². The Hall–Kier alpha value is -3.63. The van der Waals surface area contributed by atoms with E-state index in [9.17, 15) is 9.59 Å². The van der Waals surface area contributed by atoms with Gasteiger partial charge in [0, 0.05) is 49.7 Å². The smallest absolute Gasteiger partial charge is 0.325 e. The van der Waals surface area contributed by atoms with E-state index in [1.54, 1.807) is 55.8 Å². The van der Waals surface area contributed by atoms with Crippen molar-refractivity contribution in [3.63, 3.8) is 0 Å². The molecule has 184 valence electrons. The fourth-order valence-electron chi connectivity index (χ4n) is 4.92. The highest BCUT2D eigenvalue weighted by Gasteiger charge is 2.51. The summed E-state index contributed by atoms with van der Waals surface area (Å²) < 4.78 is 0. The van der Waals surface area contributed by atoms with E-state index in [-0.39, 0.29) is 11.9 Å². The van der Waals surface area contributed by atoms with Crippen LogP contribution < -0.4 is 11.1 Å². The number of pyridine rings is 3. The van der Waals surface area contributed by atoms with Crippen LogP contribution in [0.5, 0.6) is 0 Å². The number of amides is 3. The number of anilines is 2. The molecule has 1 saturated carbocycles. The Morgan fingerprint density at radius 3 is 2.67 bits per heavy atom. The molecule has 1 aliphatic heterocycles. The summed E-state index contributed by atoms with van der Waals surface area (Å²) in [4.78, 5) is 41.9. The lowest BCUT2D eigenvalue weighted by molar-refractivity contribution is -0.112. The highest BCUT2D eigenvalue weighted by Crippen LogP contribution is 2.41. The first-order chi connectivity index (χ1) is 17.2. The molecule has 3 N–H and O–H groups in total. The van der Waals surface area contributed by atoms with Gasteiger partial charge in [-0.1, -0.05) is 29.4 Å². The molecule has 3 amide bonds. The quantitative estimate of drug-likeness (QED) is 0.386. The Morgan fingerprint density at radius 1 is 1.25 bits per heavy atom. The number of thiocarbonyl (C=S) groups is 1. The van der Waals surface area contributed by atoms with Crippen LogP contribution in [0.15, 0.2) is 48.4 Å². The second-order valence-electron chi connectivity index (χ2n) is 9.07. The SMILES string of the molecule is CN1C(=O)N(C)C2(CCC(=CC(=O)Nc3cc4cc(-c5cnccc5Cl)nc(N)c4cn3)CC2)C1=S. The van der Waals surface area contributed by atoms with Crippen molar-refractivity contribution >= 4 is 63.2 Å². The second kappa shape index (κ2) is 9.11. The molecule has 3 aromatic heterocycles. The molecule has 11 heteroatoms. The fourth-order valence-corrected chi connectivity index (χ4v) is 5.54. The Morgan fingerprint density at radius 2 is 2.00 bits per heavy atom. The lowest BCUT2D eigenvalue weighted by atomic mass is 9.78. The molecule has 36 heavy (non-hydrogen) atoms. The van der Waals surface area contributed by atoms with Gasteiger partial charge < -0.3 is 16.0 Å². The van der Waals surface area contributed by atoms with E-state index in [4.69, 9.17) is 29.6 Å². The van der Waals surface area contributed by atoms with Gasteiger partial charge in [0.05, 0.1) is 16.3 Å². The van der Waals surface area contributed by atoms with Crippen LogP contribution in [0.25, 0.3) is 22.0 Å². The number of nitrogens with zero attached hydrogens (tertiary/aromatic N) is 5. The lowest BCUT2D eigenvalue weighted by Crippen LogP contribution is -2.48. The summed E-state index contributed by atoms with van der Waals surface area (Å²) in [6, 6.07) is 5.19. The second-order valence-corrected chi connectivity index (χ2v) is 9.86. The minimum Gasteiger partial charge on any atom is -0.383 e. The predicted octanol–water partition coefficient (Wildman–Crippen LogP) is 4.43. The van der Waals surface area contributed by atoms with E-state index in [1.165, 1.54) is 4.90 Å². The molecule has 0 radical (unpaired) electrons. The Bertz CT molecular complexity index is 1450. The standard InChI is InChI=1S/C25H24ClN7O2S/c1-32-23(36)25(33(2)24(32)35)6-3-14(4-7-25)9-21(34)31-20-11-15-10-19(17-12-28-8-5-18(17)26)30-22(27)16(15)13-29-20/h5,8-13H,3-4,6-7H2,1-2H3,(H2,27,30)(H,29,31,34). The number of carbonyl (C=O) groups is 2. The van der Waals surface area contributed by atoms with Gasteiger partial charge in [0.1, 0.15) is 16.6 Å². The van der Waals surface area contributed by atoms with Crippen molar-refractivity contribution in [3.05, 3.63) is 53.5 Å². The van der Waals surface area contributed by atoms with Gasteiger partial charge in [-0.2, -0.15) is 0 Å². The predicted molar refractivity (Wildman–Crippen MR) is 144 cm³/mol. The first kappa shape index (κ1) is 24.1. The van der Waals surface area contributed by atoms with Crippen LogP contribution >= 0.6 is 23.8 Å². The van der Waals surface area contributed by atoms with Crippen molar-refractivity contribution < 1.29 is 9.59 Å². The van der Waals surface area contributed by atoms with Crippen molar-refractivity contribution in [3.8, 4) is 11.3 Å². The van der Waals surface area contributed by atoms with Crippen LogP contribution in [0.1, 0.15) is 25.7 Å². The van der Waals surface area contributed by atoms with E-state index in [2.05, 4.69) is 20.3 Å². The van der Waals surface area contributed by atoms with Crippen LogP contribution in [0.2, 0.25) is 5.02 Å². The van der Waals surface area contributed by atoms with Crippen LogP contribution in [0, 0.1) is 0 Å². The number of hydrogen-bond donors (Lipinski definition) is 2. The average molecular weight is 522 g/mol. The summed E-state index contributed by atoms with van der Waals surface area (Å²) in [5, 5.41) is 4.79. The Balaban J connectivity index is 1.32. The van der Waals surface area contributed by atoms with Gasteiger partial charge in [-0.25, -0.2) is 14.8 Å². The summed E-state index contributed by atoms with van der Waals surface area (Å²) in [7, 11) is 3.50. The van der Waals surface area contributed by atoms with E-state index in [0.29, 0.717) is 64.0 Å². The third kappa shape index (κ3) is 4.06. The summed E-state index contributed by atoms with van der Waals surface area (Å²) in [6.45, 7) is 0. The molecule has 1 aliphatic carbocycles. The van der Waals surface area contributed by atoms with Gasteiger partial charge in [0.2, 0.25) is 5.91 Å². The number of nitrogens with two attached hydrogens (primary N) is 1. The molecular weight excluding hydrogens is 498 g/mol. The number of likely N-dealkylation sites (N-methyl/N-ethyl adjacent to an activating group) is 2. The van der Waals surface area contributed by atoms with E-state index in [0.717, 1.165) is 11.0 Å². The van der Waals surface area contributed by atoms with Crippen molar-refractivity contribution in [1.29, 1.82) is 0 Å². The monoisotopic (exact) mass is 521 g/mol. The van der Waals surface area contributed by atoms with Crippen molar-refractivity contribution in [2.45, 2.75) is 31.2 Å². The molecule has 3 aromatic rings. The number of hydrogen-bond acceptors (Lipinski definition) is 7. The number of carbonyl (C=O) groups excluding carboxylic acids is 2. The minimum atomic E-state index is -0.447. The molecule has 0 atom stereocenters. The molecule has 0 aromatic carbocycles. The summed E-state index contributed by atoms with van der Waals surface area (Å²) >= 11 is 11.9. The van der Waals surface area contributed by atoms with Gasteiger partial charge >= 0.3 is 6.03 Å². The normalized spacial score (nSPS) is 19.9. The largest absolute Gasteiger partial charge is 0.383 e. The number of urea groups is 1. The van der Waals surface area contributed by atoms with E-state index < -0.39 is 5.54 Å². The highest BCUT2D eigenvalue weighted by atomic mass is 35.5. The van der Waals surface area contributed by atoms with Crippen molar-refractivity contribution in [1.82, 2.24) is 24.8 Å². The minimum absolute atomic E-state index is 0.0858. The summed E-state index contributed by atoms with van der Waals surface area (Å²) in [6.07, 6.45) is 9.18. The topological polar surface area (TPSA) is 117 Å². The first-order valence-corrected chi connectivity index (χ1v) is 12.2. The molecule has 5 rings (SSSR count). The number of halogens is 1. The highest BCUT2D eigenvalue weighted by molar-refractivity contribution is 7.80. The molecule has 2 fully saturated rings. The van der Waals surface area contributed by atoms with Crippen LogP contribution in [0.3, 0.4) is 0 Å². The zero-order chi connectivity index (χ0) is 25.6. The first-order valence-electron chi connectivity index (χ1n) is 11.4. The molecule has 0 unspecified atom stereocenters. The number of nitrogen functional groups attached to an aromatic ring is 1. The molecule has 1 spiro atoms. The van der Waals surface area contributed by atoms with Crippen molar-refractivity contribution in [2.24, 2.45) is 0 Å². The number of nitrogens with one attached hydrogen (secondary N) is 1. The number of allylic oxidation sites excluding steroid dienone is 1. The third-order valence-electron chi connectivity index (χ3n) is 7.01. The summed E-state index contributed by atoms with van der Waals surface area (Å²) in [5.74, 6) is 0.445. The zero-order valence-corrected chi connectivity index (χ0v) is 21.4. The number of rotatable bonds is 3. The maximum absolute atomic E-state index is 12.8. The maximum Gasteiger partial charge on any atom is 0.325 e. The molecule has 0 bridgehead atoms. The molecule has 9 nitrogen and oxygen atoms in total. The third-order valence-corrected chi connectivity index (χ3v) is 8.00. The van der Waals surface area contributed by atoms with E-state index in [1.807, 2.05) is 6.07 Å².